The van der Waals surface area contributed by atoms with Gasteiger partial charge in [0.1, 0.15) is 5.82 Å². The van der Waals surface area contributed by atoms with Crippen molar-refractivity contribution in [3.05, 3.63) is 59.3 Å². The normalized spacial score (nSPS) is 20.6. The summed E-state index contributed by atoms with van der Waals surface area (Å²) in [6.45, 7) is 5.27. The molecule has 1 N–H and O–H groups in total. The number of benzene rings is 1. The number of carbonyl (C=O) groups is 1. The van der Waals surface area contributed by atoms with Crippen LogP contribution in [0, 0.1) is 6.92 Å². The molecular formula is C19H23N3O. The average molecular weight is 309 g/mol. The molecule has 0 spiro atoms. The van der Waals surface area contributed by atoms with Crippen molar-refractivity contribution in [2.75, 3.05) is 18.5 Å². The Morgan fingerprint density at radius 1 is 1.26 bits per heavy atom. The van der Waals surface area contributed by atoms with Crippen LogP contribution in [-0.2, 0) is 0 Å². The van der Waals surface area contributed by atoms with Crippen molar-refractivity contribution in [3.8, 4) is 0 Å². The van der Waals surface area contributed by atoms with Gasteiger partial charge in [-0.2, -0.15) is 0 Å². The summed E-state index contributed by atoms with van der Waals surface area (Å²) in [6.07, 6.45) is 2.84. The molecule has 1 aromatic heterocycles. The number of pyridine rings is 1. The second-order valence-corrected chi connectivity index (χ2v) is 6.24. The number of carbonyl (C=O) groups excluding carboxylic acids is 1. The minimum Gasteiger partial charge on any atom is -0.355 e. The molecule has 2 aromatic rings. The lowest BCUT2D eigenvalue weighted by atomic mass is 9.93. The number of hydrogen-bond acceptors (Lipinski definition) is 3. The Balaban J connectivity index is 1.91. The minimum atomic E-state index is -0.0837. The van der Waals surface area contributed by atoms with Gasteiger partial charge in [-0.3, -0.25) is 4.79 Å². The molecule has 1 fully saturated rings. The number of aromatic nitrogens is 1. The predicted octanol–water partition coefficient (Wildman–Crippen LogP) is 3.13. The van der Waals surface area contributed by atoms with Crippen LogP contribution >= 0.6 is 0 Å². The number of amides is 1. The van der Waals surface area contributed by atoms with E-state index in [4.69, 9.17) is 0 Å². The molecule has 1 aromatic carbocycles. The Hall–Kier alpha value is -2.36. The van der Waals surface area contributed by atoms with Gasteiger partial charge in [0, 0.05) is 31.7 Å². The molecule has 3 rings (SSSR count). The van der Waals surface area contributed by atoms with Gasteiger partial charge < -0.3 is 10.2 Å². The summed E-state index contributed by atoms with van der Waals surface area (Å²) >= 11 is 0. The van der Waals surface area contributed by atoms with Crippen LogP contribution in [0.3, 0.4) is 0 Å². The predicted molar refractivity (Wildman–Crippen MR) is 93.0 cm³/mol. The lowest BCUT2D eigenvalue weighted by Crippen LogP contribution is -2.31. The van der Waals surface area contributed by atoms with Gasteiger partial charge in [0.2, 0.25) is 0 Å². The molecule has 0 unspecified atom stereocenters. The van der Waals surface area contributed by atoms with E-state index in [2.05, 4.69) is 53.3 Å². The van der Waals surface area contributed by atoms with Crippen molar-refractivity contribution in [2.45, 2.75) is 32.2 Å². The number of anilines is 1. The molecule has 0 bridgehead atoms. The molecule has 0 radical (unpaired) electrons. The van der Waals surface area contributed by atoms with E-state index in [0.717, 1.165) is 18.8 Å². The van der Waals surface area contributed by atoms with E-state index >= 15 is 0 Å². The highest BCUT2D eigenvalue weighted by atomic mass is 16.1. The van der Waals surface area contributed by atoms with Crippen molar-refractivity contribution in [2.24, 2.45) is 0 Å². The van der Waals surface area contributed by atoms with Crippen LogP contribution in [0.2, 0.25) is 0 Å². The zero-order valence-electron chi connectivity index (χ0n) is 13.9. The Labute approximate surface area is 137 Å². The van der Waals surface area contributed by atoms with E-state index in [9.17, 15) is 4.79 Å². The number of rotatable bonds is 3. The van der Waals surface area contributed by atoms with Crippen molar-refractivity contribution >= 4 is 11.7 Å². The van der Waals surface area contributed by atoms with Crippen LogP contribution in [0.4, 0.5) is 5.82 Å². The van der Waals surface area contributed by atoms with Crippen LogP contribution in [0.1, 0.15) is 40.7 Å². The molecular weight excluding hydrogens is 286 g/mol. The molecule has 2 atom stereocenters. The third kappa shape index (κ3) is 2.93. The zero-order valence-corrected chi connectivity index (χ0v) is 13.9. The molecule has 2 heterocycles. The maximum absolute atomic E-state index is 12.1. The topological polar surface area (TPSA) is 45.2 Å². The van der Waals surface area contributed by atoms with Gasteiger partial charge in [0.15, 0.2) is 0 Å². The van der Waals surface area contributed by atoms with Crippen LogP contribution in [-0.4, -0.2) is 30.5 Å². The van der Waals surface area contributed by atoms with E-state index < -0.39 is 0 Å². The van der Waals surface area contributed by atoms with Gasteiger partial charge >= 0.3 is 0 Å². The summed E-state index contributed by atoms with van der Waals surface area (Å²) in [7, 11) is 1.66. The highest BCUT2D eigenvalue weighted by Crippen LogP contribution is 2.36. The van der Waals surface area contributed by atoms with Crippen molar-refractivity contribution in [1.29, 1.82) is 0 Å². The molecule has 23 heavy (non-hydrogen) atoms. The van der Waals surface area contributed by atoms with Gasteiger partial charge in [0.25, 0.3) is 5.91 Å². The smallest absolute Gasteiger partial charge is 0.254 e. The average Bonchev–Trinajstić information content (AvgIpc) is 2.96. The van der Waals surface area contributed by atoms with Crippen LogP contribution in [0.5, 0.6) is 0 Å². The van der Waals surface area contributed by atoms with Gasteiger partial charge in [-0.1, -0.05) is 24.3 Å². The van der Waals surface area contributed by atoms with Crippen molar-refractivity contribution in [1.82, 2.24) is 10.3 Å². The second-order valence-electron chi connectivity index (χ2n) is 6.24. The van der Waals surface area contributed by atoms with Gasteiger partial charge in [-0.05, 0) is 43.5 Å². The maximum Gasteiger partial charge on any atom is 0.254 e. The number of aryl methyl sites for hydroxylation is 1. The fourth-order valence-corrected chi connectivity index (χ4v) is 3.53. The molecule has 4 nitrogen and oxygen atoms in total. The van der Waals surface area contributed by atoms with E-state index in [1.165, 1.54) is 11.1 Å². The first-order valence-electron chi connectivity index (χ1n) is 8.11. The fraction of sp³-hybridized carbons (Fsp3) is 0.368. The summed E-state index contributed by atoms with van der Waals surface area (Å²) in [5, 5.41) is 2.71. The second kappa shape index (κ2) is 6.41. The van der Waals surface area contributed by atoms with E-state index in [1.54, 1.807) is 13.2 Å². The zero-order chi connectivity index (χ0) is 16.4. The molecule has 0 saturated carbocycles. The Morgan fingerprint density at radius 2 is 2.04 bits per heavy atom. The molecule has 1 aliphatic heterocycles. The monoisotopic (exact) mass is 309 g/mol. The van der Waals surface area contributed by atoms with Crippen molar-refractivity contribution < 1.29 is 4.79 Å². The Kier molecular flexibility index (Phi) is 4.33. The van der Waals surface area contributed by atoms with E-state index in [1.807, 2.05) is 12.1 Å². The third-order valence-electron chi connectivity index (χ3n) is 4.73. The molecule has 0 aliphatic carbocycles. The van der Waals surface area contributed by atoms with E-state index in [-0.39, 0.29) is 5.91 Å². The van der Waals surface area contributed by atoms with E-state index in [0.29, 0.717) is 17.5 Å². The van der Waals surface area contributed by atoms with Gasteiger partial charge in [-0.15, -0.1) is 0 Å². The Morgan fingerprint density at radius 3 is 2.78 bits per heavy atom. The first kappa shape index (κ1) is 15.5. The minimum absolute atomic E-state index is 0.0837. The van der Waals surface area contributed by atoms with Crippen molar-refractivity contribution in [3.63, 3.8) is 0 Å². The Bertz CT molecular complexity index is 713. The summed E-state index contributed by atoms with van der Waals surface area (Å²) in [5.41, 5.74) is 3.38. The van der Waals surface area contributed by atoms with Crippen LogP contribution in [0.15, 0.2) is 42.6 Å². The molecule has 1 aliphatic rings. The quantitative estimate of drug-likeness (QED) is 0.947. The number of hydrogen-bond donors (Lipinski definition) is 1. The van der Waals surface area contributed by atoms with Crippen LogP contribution in [0.25, 0.3) is 0 Å². The highest BCUT2D eigenvalue weighted by molar-refractivity contribution is 5.98. The lowest BCUT2D eigenvalue weighted by molar-refractivity contribution is 0.0963. The molecule has 4 heteroatoms. The summed E-state index contributed by atoms with van der Waals surface area (Å²) in [4.78, 5) is 18.9. The third-order valence-corrected chi connectivity index (χ3v) is 4.73. The van der Waals surface area contributed by atoms with Crippen LogP contribution < -0.4 is 10.2 Å². The number of nitrogens with one attached hydrogen (secondary N) is 1. The lowest BCUT2D eigenvalue weighted by Gasteiger charge is -2.24. The number of nitrogens with zero attached hydrogens (tertiary/aromatic N) is 2. The fourth-order valence-electron chi connectivity index (χ4n) is 3.53. The maximum atomic E-state index is 12.1. The summed E-state index contributed by atoms with van der Waals surface area (Å²) in [5.74, 6) is 1.18. The van der Waals surface area contributed by atoms with Gasteiger partial charge in [-0.25, -0.2) is 4.98 Å². The first-order chi connectivity index (χ1) is 11.1. The standard InChI is InChI=1S/C19H23N3O/c1-13-7-4-5-8-16(13)15-11-14(2)22(12-15)18-17(19(23)20-3)9-6-10-21-18/h4-10,14-15H,11-12H2,1-3H3,(H,20,23)/t14-,15+/m0/s1. The molecule has 1 saturated heterocycles. The SMILES string of the molecule is CNC(=O)c1cccnc1N1C[C@H](c2ccccc2C)C[C@@H]1C. The first-order valence-corrected chi connectivity index (χ1v) is 8.11. The highest BCUT2D eigenvalue weighted by Gasteiger charge is 2.33. The molecule has 120 valence electrons. The van der Waals surface area contributed by atoms with Gasteiger partial charge in [0.05, 0.1) is 5.56 Å². The molecule has 1 amide bonds. The summed E-state index contributed by atoms with van der Waals surface area (Å²) in [6, 6.07) is 12.6. The summed E-state index contributed by atoms with van der Waals surface area (Å²) < 4.78 is 0. The largest absolute Gasteiger partial charge is 0.355 e.